The first-order valence-electron chi connectivity index (χ1n) is 6.50. The van der Waals surface area contributed by atoms with Crippen LogP contribution in [0.15, 0.2) is 36.4 Å². The fourth-order valence-corrected chi connectivity index (χ4v) is 1.89. The average molecular weight is 241 g/mol. The average Bonchev–Trinajstić information content (AvgIpc) is 2.41. The molecule has 0 unspecified atom stereocenters. The molecule has 2 rings (SSSR count). The minimum Gasteiger partial charge on any atom is -0.369 e. The first kappa shape index (κ1) is 12.6. The molecule has 0 saturated carbocycles. The number of aryl methyl sites for hydroxylation is 1. The van der Waals surface area contributed by atoms with Gasteiger partial charge in [-0.3, -0.25) is 0 Å². The van der Waals surface area contributed by atoms with Crippen LogP contribution in [-0.2, 0) is 6.42 Å². The van der Waals surface area contributed by atoms with Crippen molar-refractivity contribution < 1.29 is 0 Å². The predicted octanol–water partition coefficient (Wildman–Crippen LogP) is 3.53. The second kappa shape index (κ2) is 6.15. The molecule has 2 aromatic rings. The Bertz CT molecular complexity index is 427. The molecule has 0 saturated heterocycles. The van der Waals surface area contributed by atoms with Crippen LogP contribution in [0.2, 0.25) is 0 Å². The molecule has 0 radical (unpaired) electrons. The van der Waals surface area contributed by atoms with Crippen LogP contribution in [-0.4, -0.2) is 16.7 Å². The second-order valence-electron chi connectivity index (χ2n) is 4.28. The maximum Gasteiger partial charge on any atom is 0.148 e. The van der Waals surface area contributed by atoms with Crippen LogP contribution in [0, 0.1) is 0 Å². The van der Waals surface area contributed by atoms with E-state index in [1.54, 1.807) is 0 Å². The first-order valence-corrected chi connectivity index (χ1v) is 6.50. The van der Waals surface area contributed by atoms with Crippen molar-refractivity contribution in [3.05, 3.63) is 42.0 Å². The maximum absolute atomic E-state index is 4.23. The van der Waals surface area contributed by atoms with Crippen molar-refractivity contribution in [1.82, 2.24) is 10.2 Å². The van der Waals surface area contributed by atoms with Crippen molar-refractivity contribution in [3.63, 3.8) is 0 Å². The maximum atomic E-state index is 4.23. The fourth-order valence-electron chi connectivity index (χ4n) is 1.89. The summed E-state index contributed by atoms with van der Waals surface area (Å²) >= 11 is 0. The lowest BCUT2D eigenvalue weighted by atomic mass is 10.1. The summed E-state index contributed by atoms with van der Waals surface area (Å²) in [6.45, 7) is 5.10. The summed E-state index contributed by atoms with van der Waals surface area (Å²) < 4.78 is 0. The Hall–Kier alpha value is -1.90. The van der Waals surface area contributed by atoms with Gasteiger partial charge >= 0.3 is 0 Å². The number of anilines is 1. The van der Waals surface area contributed by atoms with Gasteiger partial charge in [-0.05, 0) is 31.0 Å². The first-order chi connectivity index (χ1) is 8.83. The van der Waals surface area contributed by atoms with Crippen molar-refractivity contribution in [2.24, 2.45) is 0 Å². The molecule has 0 aliphatic carbocycles. The van der Waals surface area contributed by atoms with Gasteiger partial charge in [0.1, 0.15) is 5.82 Å². The number of rotatable bonds is 5. The highest BCUT2D eigenvalue weighted by Gasteiger charge is 2.01. The fraction of sp³-hybridized carbons (Fsp3) is 0.333. The van der Waals surface area contributed by atoms with Crippen molar-refractivity contribution in [2.45, 2.75) is 26.7 Å². The number of aromatic nitrogens is 2. The normalized spacial score (nSPS) is 10.3. The van der Waals surface area contributed by atoms with Gasteiger partial charge in [0, 0.05) is 12.1 Å². The highest BCUT2D eigenvalue weighted by Crippen LogP contribution is 2.18. The molecule has 0 amide bonds. The van der Waals surface area contributed by atoms with Gasteiger partial charge in [-0.1, -0.05) is 37.6 Å². The Balaban J connectivity index is 2.15. The van der Waals surface area contributed by atoms with Crippen LogP contribution in [0.3, 0.4) is 0 Å². The standard InChI is InChI=1S/C15H19N3/c1-3-5-12-6-8-13(9-7-12)14-10-11-15(16-4-2)18-17-14/h6-11H,3-5H2,1-2H3,(H,16,18). The summed E-state index contributed by atoms with van der Waals surface area (Å²) in [4.78, 5) is 0. The molecule has 94 valence electrons. The monoisotopic (exact) mass is 241 g/mol. The summed E-state index contributed by atoms with van der Waals surface area (Å²) in [6, 6.07) is 12.5. The van der Waals surface area contributed by atoms with Crippen molar-refractivity contribution in [3.8, 4) is 11.3 Å². The molecule has 0 aliphatic rings. The third-order valence-electron chi connectivity index (χ3n) is 2.81. The summed E-state index contributed by atoms with van der Waals surface area (Å²) in [5.41, 5.74) is 3.41. The minimum atomic E-state index is 0.823. The van der Waals surface area contributed by atoms with E-state index in [0.29, 0.717) is 0 Å². The number of hydrogen-bond acceptors (Lipinski definition) is 3. The lowest BCUT2D eigenvalue weighted by Crippen LogP contribution is -2.00. The van der Waals surface area contributed by atoms with Crippen LogP contribution in [0.5, 0.6) is 0 Å². The van der Waals surface area contributed by atoms with Gasteiger partial charge in [-0.25, -0.2) is 0 Å². The van der Waals surface area contributed by atoms with Gasteiger partial charge < -0.3 is 5.32 Å². The quantitative estimate of drug-likeness (QED) is 0.870. The summed E-state index contributed by atoms with van der Waals surface area (Å²) in [6.07, 6.45) is 2.31. The molecule has 3 nitrogen and oxygen atoms in total. The molecule has 0 fully saturated rings. The number of nitrogens with zero attached hydrogens (tertiary/aromatic N) is 2. The molecular weight excluding hydrogens is 222 g/mol. The van der Waals surface area contributed by atoms with Gasteiger partial charge in [-0.15, -0.1) is 10.2 Å². The molecule has 0 bridgehead atoms. The molecule has 3 heteroatoms. The molecule has 0 aliphatic heterocycles. The molecule has 0 atom stereocenters. The van der Waals surface area contributed by atoms with Crippen molar-refractivity contribution >= 4 is 5.82 Å². The van der Waals surface area contributed by atoms with Gasteiger partial charge in [0.25, 0.3) is 0 Å². The molecule has 0 spiro atoms. The van der Waals surface area contributed by atoms with E-state index in [0.717, 1.165) is 30.0 Å². The zero-order valence-corrected chi connectivity index (χ0v) is 11.0. The number of hydrogen-bond donors (Lipinski definition) is 1. The third kappa shape index (κ3) is 3.06. The highest BCUT2D eigenvalue weighted by molar-refractivity contribution is 5.59. The Labute approximate surface area is 108 Å². The predicted molar refractivity (Wildman–Crippen MR) is 75.6 cm³/mol. The van der Waals surface area contributed by atoms with E-state index < -0.39 is 0 Å². The molecule has 1 aromatic heterocycles. The van der Waals surface area contributed by atoms with E-state index in [9.17, 15) is 0 Å². The Morgan fingerprint density at radius 1 is 0.944 bits per heavy atom. The Kier molecular flexibility index (Phi) is 4.29. The second-order valence-corrected chi connectivity index (χ2v) is 4.28. The lowest BCUT2D eigenvalue weighted by molar-refractivity contribution is 0.922. The molecular formula is C15H19N3. The van der Waals surface area contributed by atoms with E-state index in [2.05, 4.69) is 46.7 Å². The van der Waals surface area contributed by atoms with Crippen LogP contribution in [0.1, 0.15) is 25.8 Å². The number of benzene rings is 1. The van der Waals surface area contributed by atoms with E-state index >= 15 is 0 Å². The summed E-state index contributed by atoms with van der Waals surface area (Å²) in [7, 11) is 0. The molecule has 1 heterocycles. The third-order valence-corrected chi connectivity index (χ3v) is 2.81. The topological polar surface area (TPSA) is 37.8 Å². The van der Waals surface area contributed by atoms with Crippen LogP contribution in [0.4, 0.5) is 5.82 Å². The Morgan fingerprint density at radius 3 is 2.28 bits per heavy atom. The van der Waals surface area contributed by atoms with Gasteiger partial charge in [0.05, 0.1) is 5.69 Å². The minimum absolute atomic E-state index is 0.823. The molecule has 18 heavy (non-hydrogen) atoms. The largest absolute Gasteiger partial charge is 0.369 e. The zero-order valence-electron chi connectivity index (χ0n) is 11.0. The lowest BCUT2D eigenvalue weighted by Gasteiger charge is -2.04. The van der Waals surface area contributed by atoms with Crippen LogP contribution >= 0.6 is 0 Å². The van der Waals surface area contributed by atoms with E-state index in [1.165, 1.54) is 12.0 Å². The molecule has 1 aromatic carbocycles. The van der Waals surface area contributed by atoms with Gasteiger partial charge in [-0.2, -0.15) is 0 Å². The highest BCUT2D eigenvalue weighted by atomic mass is 15.2. The zero-order chi connectivity index (χ0) is 12.8. The van der Waals surface area contributed by atoms with Crippen LogP contribution < -0.4 is 5.32 Å². The van der Waals surface area contributed by atoms with E-state index in [1.807, 2.05) is 19.1 Å². The van der Waals surface area contributed by atoms with E-state index in [-0.39, 0.29) is 0 Å². The van der Waals surface area contributed by atoms with E-state index in [4.69, 9.17) is 0 Å². The summed E-state index contributed by atoms with van der Waals surface area (Å²) in [5.74, 6) is 0.823. The number of nitrogens with one attached hydrogen (secondary N) is 1. The SMILES string of the molecule is CCCc1ccc(-c2ccc(NCC)nn2)cc1. The van der Waals surface area contributed by atoms with Gasteiger partial charge in [0.2, 0.25) is 0 Å². The van der Waals surface area contributed by atoms with Gasteiger partial charge in [0.15, 0.2) is 0 Å². The van der Waals surface area contributed by atoms with Crippen molar-refractivity contribution in [2.75, 3.05) is 11.9 Å². The van der Waals surface area contributed by atoms with Crippen molar-refractivity contribution in [1.29, 1.82) is 0 Å². The molecule has 1 N–H and O–H groups in total. The Morgan fingerprint density at radius 2 is 1.72 bits per heavy atom. The smallest absolute Gasteiger partial charge is 0.148 e. The van der Waals surface area contributed by atoms with Crippen LogP contribution in [0.25, 0.3) is 11.3 Å². The summed E-state index contributed by atoms with van der Waals surface area (Å²) in [5, 5.41) is 11.5.